The van der Waals surface area contributed by atoms with Gasteiger partial charge in [-0.05, 0) is 54.5 Å². The van der Waals surface area contributed by atoms with Crippen LogP contribution in [0.25, 0.3) is 0 Å². The summed E-state index contributed by atoms with van der Waals surface area (Å²) in [4.78, 5) is 20.7. The first-order valence-corrected chi connectivity index (χ1v) is 9.91. The average molecular weight is 417 g/mol. The zero-order valence-electron chi connectivity index (χ0n) is 16.1. The van der Waals surface area contributed by atoms with E-state index >= 15 is 0 Å². The zero-order chi connectivity index (χ0) is 20.5. The maximum absolute atomic E-state index is 14.1. The van der Waals surface area contributed by atoms with Gasteiger partial charge in [0.25, 0.3) is 0 Å². The van der Waals surface area contributed by atoms with Crippen molar-refractivity contribution in [3.05, 3.63) is 59.3 Å². The fourth-order valence-electron chi connectivity index (χ4n) is 4.27. The third kappa shape index (κ3) is 3.92. The van der Waals surface area contributed by atoms with E-state index in [1.165, 1.54) is 0 Å². The first-order valence-electron chi connectivity index (χ1n) is 9.53. The van der Waals surface area contributed by atoms with Crippen molar-refractivity contribution in [2.75, 3.05) is 12.4 Å². The maximum atomic E-state index is 14.1. The Balaban J connectivity index is 1.50. The summed E-state index contributed by atoms with van der Waals surface area (Å²) in [5, 5.41) is 6.16. The molecule has 1 heterocycles. The standard InChI is InChI=1S/C21H22ClFN4O2/c1-11(12-5-7-15(29-2)8-6-12)25-20(28)17-13-3-4-14(9-13)18(17)26-19-16(23)10-24-21(22)27-19/h3-8,10-11,13-14,17-18H,9H2,1-2H3,(H,25,28)(H,24,26,27)/t11?,13-,14+,17-,18+/m1/s1. The lowest BCUT2D eigenvalue weighted by Gasteiger charge is -2.29. The molecule has 2 bridgehead atoms. The van der Waals surface area contributed by atoms with Gasteiger partial charge in [-0.25, -0.2) is 9.37 Å². The van der Waals surface area contributed by atoms with Gasteiger partial charge >= 0.3 is 0 Å². The van der Waals surface area contributed by atoms with E-state index in [1.807, 2.05) is 31.2 Å². The molecule has 2 aliphatic carbocycles. The Morgan fingerprint density at radius 1 is 1.28 bits per heavy atom. The minimum absolute atomic E-state index is 0.0250. The van der Waals surface area contributed by atoms with Gasteiger partial charge in [-0.15, -0.1) is 0 Å². The van der Waals surface area contributed by atoms with E-state index in [4.69, 9.17) is 16.3 Å². The molecule has 1 aromatic heterocycles. The van der Waals surface area contributed by atoms with Crippen LogP contribution in [0, 0.1) is 23.6 Å². The number of carbonyl (C=O) groups excluding carboxylic acids is 1. The number of amides is 1. The summed E-state index contributed by atoms with van der Waals surface area (Å²) in [5.74, 6) is 0.0624. The number of nitrogens with zero attached hydrogens (tertiary/aromatic N) is 2. The van der Waals surface area contributed by atoms with Gasteiger partial charge in [0.05, 0.1) is 25.3 Å². The van der Waals surface area contributed by atoms with Crippen LogP contribution < -0.4 is 15.4 Å². The molecular formula is C21H22ClFN4O2. The van der Waals surface area contributed by atoms with Gasteiger partial charge in [0.15, 0.2) is 11.6 Å². The van der Waals surface area contributed by atoms with Gasteiger partial charge in [-0.3, -0.25) is 4.79 Å². The predicted octanol–water partition coefficient (Wildman–Crippen LogP) is 3.76. The minimum Gasteiger partial charge on any atom is -0.497 e. The summed E-state index contributed by atoms with van der Waals surface area (Å²) in [7, 11) is 1.61. The molecule has 0 spiro atoms. The van der Waals surface area contributed by atoms with Crippen LogP contribution in [0.2, 0.25) is 5.28 Å². The second-order valence-electron chi connectivity index (χ2n) is 7.48. The number of carbonyl (C=O) groups is 1. The first kappa shape index (κ1) is 19.6. The Morgan fingerprint density at radius 3 is 2.72 bits per heavy atom. The largest absolute Gasteiger partial charge is 0.497 e. The number of aromatic nitrogens is 2. The normalized spacial score (nSPS) is 25.7. The minimum atomic E-state index is -0.591. The summed E-state index contributed by atoms with van der Waals surface area (Å²) in [6, 6.07) is 7.17. The van der Waals surface area contributed by atoms with Gasteiger partial charge in [-0.2, -0.15) is 4.98 Å². The van der Waals surface area contributed by atoms with E-state index in [1.54, 1.807) is 7.11 Å². The molecule has 4 rings (SSSR count). The molecule has 8 heteroatoms. The molecule has 1 amide bonds. The number of anilines is 1. The summed E-state index contributed by atoms with van der Waals surface area (Å²) >= 11 is 5.81. The molecule has 2 aromatic rings. The topological polar surface area (TPSA) is 76.1 Å². The van der Waals surface area contributed by atoms with Crippen LogP contribution >= 0.6 is 11.6 Å². The smallest absolute Gasteiger partial charge is 0.226 e. The third-order valence-corrected chi connectivity index (χ3v) is 5.94. The van der Waals surface area contributed by atoms with Crippen LogP contribution in [0.4, 0.5) is 10.2 Å². The molecule has 1 fully saturated rings. The quantitative estimate of drug-likeness (QED) is 0.554. The number of benzene rings is 1. The lowest BCUT2D eigenvalue weighted by Crippen LogP contribution is -2.44. The van der Waals surface area contributed by atoms with E-state index in [2.05, 4.69) is 32.8 Å². The number of methoxy groups -OCH3 is 1. The third-order valence-electron chi connectivity index (χ3n) is 5.75. The van der Waals surface area contributed by atoms with E-state index in [-0.39, 0.29) is 46.8 Å². The Labute approximate surface area is 173 Å². The van der Waals surface area contributed by atoms with Crippen molar-refractivity contribution in [2.45, 2.75) is 25.4 Å². The van der Waals surface area contributed by atoms with Crippen molar-refractivity contribution in [1.29, 1.82) is 0 Å². The SMILES string of the molecule is COc1ccc(C(C)NC(=O)[C@H]2[C@@H](Nc3nc(Cl)ncc3F)[C@H]3C=C[C@@H]2C3)cc1. The molecular weight excluding hydrogens is 395 g/mol. The molecule has 1 aromatic carbocycles. The van der Waals surface area contributed by atoms with Crippen molar-refractivity contribution in [3.8, 4) is 5.75 Å². The van der Waals surface area contributed by atoms with Crippen molar-refractivity contribution < 1.29 is 13.9 Å². The van der Waals surface area contributed by atoms with Gasteiger partial charge in [0.2, 0.25) is 11.2 Å². The summed E-state index contributed by atoms with van der Waals surface area (Å²) < 4.78 is 19.3. The molecule has 1 unspecified atom stereocenters. The Hall–Kier alpha value is -2.67. The Bertz CT molecular complexity index is 937. The Morgan fingerprint density at radius 2 is 2.00 bits per heavy atom. The maximum Gasteiger partial charge on any atom is 0.226 e. The highest BCUT2D eigenvalue weighted by atomic mass is 35.5. The first-order chi connectivity index (χ1) is 14.0. The van der Waals surface area contributed by atoms with E-state index < -0.39 is 5.82 Å². The zero-order valence-corrected chi connectivity index (χ0v) is 16.9. The summed E-state index contributed by atoms with van der Waals surface area (Å²) in [5.41, 5.74) is 0.982. The molecule has 5 atom stereocenters. The number of hydrogen-bond donors (Lipinski definition) is 2. The number of hydrogen-bond acceptors (Lipinski definition) is 5. The van der Waals surface area contributed by atoms with E-state index in [9.17, 15) is 9.18 Å². The van der Waals surface area contributed by atoms with Gasteiger partial charge in [0, 0.05) is 6.04 Å². The second kappa shape index (κ2) is 7.99. The van der Waals surface area contributed by atoms with Crippen LogP contribution in [0.15, 0.2) is 42.6 Å². The molecule has 0 saturated heterocycles. The molecule has 29 heavy (non-hydrogen) atoms. The van der Waals surface area contributed by atoms with Crippen LogP contribution in [0.3, 0.4) is 0 Å². The highest BCUT2D eigenvalue weighted by Gasteiger charge is 2.48. The van der Waals surface area contributed by atoms with Crippen LogP contribution in [-0.4, -0.2) is 29.0 Å². The molecule has 2 aliphatic rings. The molecule has 0 aliphatic heterocycles. The number of rotatable bonds is 6. The highest BCUT2D eigenvalue weighted by molar-refractivity contribution is 6.28. The lowest BCUT2D eigenvalue weighted by atomic mass is 9.87. The van der Waals surface area contributed by atoms with Crippen molar-refractivity contribution in [1.82, 2.24) is 15.3 Å². The van der Waals surface area contributed by atoms with Crippen molar-refractivity contribution >= 4 is 23.3 Å². The highest BCUT2D eigenvalue weighted by Crippen LogP contribution is 2.45. The number of allylic oxidation sites excluding steroid dienone is 1. The molecule has 152 valence electrons. The van der Waals surface area contributed by atoms with E-state index in [0.717, 1.165) is 23.9 Å². The number of halogens is 2. The number of fused-ring (bicyclic) bond motifs is 2. The monoisotopic (exact) mass is 416 g/mol. The number of ether oxygens (including phenoxy) is 1. The summed E-state index contributed by atoms with van der Waals surface area (Å²) in [6.45, 7) is 1.94. The molecule has 1 saturated carbocycles. The molecule has 2 N–H and O–H groups in total. The fraction of sp³-hybridized carbons (Fsp3) is 0.381. The molecule has 0 radical (unpaired) electrons. The van der Waals surface area contributed by atoms with Gasteiger partial charge < -0.3 is 15.4 Å². The van der Waals surface area contributed by atoms with Crippen LogP contribution in [-0.2, 0) is 4.79 Å². The summed E-state index contributed by atoms with van der Waals surface area (Å²) in [6.07, 6.45) is 6.04. The van der Waals surface area contributed by atoms with E-state index in [0.29, 0.717) is 0 Å². The van der Waals surface area contributed by atoms with Gasteiger partial charge in [-0.1, -0.05) is 24.3 Å². The van der Waals surface area contributed by atoms with Crippen molar-refractivity contribution in [3.63, 3.8) is 0 Å². The van der Waals surface area contributed by atoms with Crippen LogP contribution in [0.1, 0.15) is 24.9 Å². The number of nitrogens with one attached hydrogen (secondary N) is 2. The van der Waals surface area contributed by atoms with Crippen LogP contribution in [0.5, 0.6) is 5.75 Å². The lowest BCUT2D eigenvalue weighted by molar-refractivity contribution is -0.126. The molecule has 6 nitrogen and oxygen atoms in total. The Kier molecular flexibility index (Phi) is 5.41. The average Bonchev–Trinajstić information content (AvgIpc) is 3.32. The second-order valence-corrected chi connectivity index (χ2v) is 7.82. The fourth-order valence-corrected chi connectivity index (χ4v) is 4.40. The predicted molar refractivity (Wildman–Crippen MR) is 108 cm³/mol. The van der Waals surface area contributed by atoms with Gasteiger partial charge in [0.1, 0.15) is 5.75 Å². The van der Waals surface area contributed by atoms with Crippen molar-refractivity contribution in [2.24, 2.45) is 17.8 Å².